The van der Waals surface area contributed by atoms with E-state index in [1.165, 1.54) is 56.9 Å². The number of ether oxygens (including phenoxy) is 1. The lowest BCUT2D eigenvalue weighted by molar-refractivity contribution is 0.0476. The van der Waals surface area contributed by atoms with Crippen molar-refractivity contribution in [3.05, 3.63) is 101 Å². The van der Waals surface area contributed by atoms with Crippen LogP contribution in [0.3, 0.4) is 0 Å². The molecule has 0 amide bonds. The number of ketones is 1. The Bertz CT molecular complexity index is 1450. The molecule has 1 aliphatic carbocycles. The van der Waals surface area contributed by atoms with Gasteiger partial charge in [0.15, 0.2) is 12.4 Å². The Morgan fingerprint density at radius 3 is 2.35 bits per heavy atom. The van der Waals surface area contributed by atoms with Gasteiger partial charge in [-0.3, -0.25) is 4.79 Å². The van der Waals surface area contributed by atoms with Gasteiger partial charge in [0.2, 0.25) is 0 Å². The minimum absolute atomic E-state index is 0.228. The van der Waals surface area contributed by atoms with Crippen molar-refractivity contribution in [3.63, 3.8) is 0 Å². The van der Waals surface area contributed by atoms with E-state index in [0.717, 1.165) is 33.6 Å². The van der Waals surface area contributed by atoms with Crippen LogP contribution in [0, 0.1) is 12.8 Å². The third-order valence-electron chi connectivity index (χ3n) is 8.43. The summed E-state index contributed by atoms with van der Waals surface area (Å²) in [6.07, 6.45) is 10.6. The van der Waals surface area contributed by atoms with Gasteiger partial charge in [-0.1, -0.05) is 105 Å². The lowest BCUT2D eigenvalue weighted by Crippen LogP contribution is -2.15. The quantitative estimate of drug-likeness (QED) is 0.116. The molecule has 4 nitrogen and oxygen atoms in total. The van der Waals surface area contributed by atoms with E-state index in [0.29, 0.717) is 17.0 Å². The largest absolute Gasteiger partial charge is 0.454 e. The van der Waals surface area contributed by atoms with E-state index in [1.54, 1.807) is 30.3 Å². The molecule has 3 aromatic carbocycles. The molecule has 206 valence electrons. The highest BCUT2D eigenvalue weighted by Gasteiger charge is 2.23. The topological polar surface area (TPSA) is 56.3 Å². The summed E-state index contributed by atoms with van der Waals surface area (Å²) < 4.78 is 5.50. The summed E-state index contributed by atoms with van der Waals surface area (Å²) in [6.45, 7) is 3.97. The third-order valence-corrected chi connectivity index (χ3v) is 8.43. The lowest BCUT2D eigenvalue weighted by Gasteiger charge is -2.29. The van der Waals surface area contributed by atoms with Crippen molar-refractivity contribution in [2.75, 3.05) is 6.61 Å². The number of Topliss-reactive ketones (excluding diaryl/α,β-unsaturated/α-hetero) is 1. The van der Waals surface area contributed by atoms with Crippen LogP contribution in [-0.4, -0.2) is 23.3 Å². The molecule has 0 N–H and O–H groups in total. The number of carbonyl (C=O) groups excluding carboxylic acids is 2. The Morgan fingerprint density at radius 1 is 0.875 bits per heavy atom. The molecule has 1 saturated carbocycles. The SMILES string of the molecule is CCCCCC1CCC(c2ccc(-c3cc(C(=O)OCC(=O)c4ccccc4)c4cccc(C)c4n3)cc2)CC1. The van der Waals surface area contributed by atoms with Crippen molar-refractivity contribution < 1.29 is 14.3 Å². The van der Waals surface area contributed by atoms with Crippen LogP contribution in [0.2, 0.25) is 0 Å². The molecular formula is C36H39NO3. The number of hydrogen-bond donors (Lipinski definition) is 0. The zero-order valence-electron chi connectivity index (χ0n) is 23.7. The van der Waals surface area contributed by atoms with Gasteiger partial charge in [0, 0.05) is 16.5 Å². The van der Waals surface area contributed by atoms with Crippen molar-refractivity contribution in [1.82, 2.24) is 4.98 Å². The molecule has 40 heavy (non-hydrogen) atoms. The summed E-state index contributed by atoms with van der Waals surface area (Å²) in [5.41, 5.74) is 5.80. The first-order valence-corrected chi connectivity index (χ1v) is 14.8. The number of carbonyl (C=O) groups is 2. The Hall–Kier alpha value is -3.79. The van der Waals surface area contributed by atoms with Crippen LogP contribution in [0.25, 0.3) is 22.2 Å². The van der Waals surface area contributed by atoms with Gasteiger partial charge in [-0.15, -0.1) is 0 Å². The number of hydrogen-bond acceptors (Lipinski definition) is 4. The highest BCUT2D eigenvalue weighted by atomic mass is 16.5. The predicted octanol–water partition coefficient (Wildman–Crippen LogP) is 9.10. The molecule has 1 aromatic heterocycles. The maximum absolute atomic E-state index is 13.3. The maximum atomic E-state index is 13.3. The normalized spacial score (nSPS) is 17.1. The zero-order chi connectivity index (χ0) is 27.9. The van der Waals surface area contributed by atoms with Crippen molar-refractivity contribution in [2.24, 2.45) is 5.92 Å². The molecule has 0 radical (unpaired) electrons. The molecule has 4 heteroatoms. The van der Waals surface area contributed by atoms with Crippen LogP contribution < -0.4 is 0 Å². The molecule has 0 saturated heterocycles. The Kier molecular flexibility index (Phi) is 9.05. The number of aromatic nitrogens is 1. The highest BCUT2D eigenvalue weighted by Crippen LogP contribution is 2.38. The van der Waals surface area contributed by atoms with Crippen LogP contribution >= 0.6 is 0 Å². The minimum Gasteiger partial charge on any atom is -0.454 e. The average Bonchev–Trinajstić information content (AvgIpc) is 3.00. The molecule has 1 heterocycles. The van der Waals surface area contributed by atoms with E-state index in [2.05, 4.69) is 31.2 Å². The van der Waals surface area contributed by atoms with Gasteiger partial charge in [0.05, 0.1) is 16.8 Å². The molecule has 0 spiro atoms. The highest BCUT2D eigenvalue weighted by molar-refractivity contribution is 6.06. The van der Waals surface area contributed by atoms with Gasteiger partial charge in [-0.25, -0.2) is 9.78 Å². The van der Waals surface area contributed by atoms with Crippen LogP contribution in [0.4, 0.5) is 0 Å². The van der Waals surface area contributed by atoms with Gasteiger partial charge < -0.3 is 4.74 Å². The van der Waals surface area contributed by atoms with Crippen molar-refractivity contribution in [1.29, 1.82) is 0 Å². The van der Waals surface area contributed by atoms with Crippen LogP contribution in [-0.2, 0) is 4.74 Å². The van der Waals surface area contributed by atoms with E-state index >= 15 is 0 Å². The van der Waals surface area contributed by atoms with Crippen molar-refractivity contribution in [3.8, 4) is 11.3 Å². The third kappa shape index (κ3) is 6.50. The first-order chi connectivity index (χ1) is 19.5. The Morgan fingerprint density at radius 2 is 1.62 bits per heavy atom. The average molecular weight is 534 g/mol. The molecule has 5 rings (SSSR count). The monoisotopic (exact) mass is 533 g/mol. The predicted molar refractivity (Wildman–Crippen MR) is 162 cm³/mol. The summed E-state index contributed by atoms with van der Waals surface area (Å²) >= 11 is 0. The first kappa shape index (κ1) is 27.8. The summed E-state index contributed by atoms with van der Waals surface area (Å²) in [6, 6.07) is 25.2. The second-order valence-corrected chi connectivity index (χ2v) is 11.2. The number of esters is 1. The molecule has 1 aliphatic rings. The fourth-order valence-corrected chi connectivity index (χ4v) is 6.02. The Labute approximate surface area is 237 Å². The molecule has 4 aromatic rings. The van der Waals surface area contributed by atoms with Gasteiger partial charge >= 0.3 is 5.97 Å². The number of aryl methyl sites for hydroxylation is 1. The number of nitrogens with zero attached hydrogens (tertiary/aromatic N) is 1. The standard InChI is InChI=1S/C36H39NO3/c1-3-4-6-11-26-15-17-27(18-16-26)28-19-21-29(22-20-28)33-23-32(31-14-9-10-25(2)35(31)37-33)36(39)40-24-34(38)30-12-7-5-8-13-30/h5,7-10,12-14,19-23,26-27H,3-4,6,11,15-18,24H2,1-2H3. The van der Waals surface area contributed by atoms with E-state index < -0.39 is 5.97 Å². The van der Waals surface area contributed by atoms with E-state index in [1.807, 2.05) is 31.2 Å². The number of fused-ring (bicyclic) bond motifs is 1. The van der Waals surface area contributed by atoms with Crippen LogP contribution in [0.15, 0.2) is 78.9 Å². The second kappa shape index (κ2) is 13.0. The summed E-state index contributed by atoms with van der Waals surface area (Å²) in [5.74, 6) is 0.773. The minimum atomic E-state index is -0.518. The van der Waals surface area contributed by atoms with E-state index in [-0.39, 0.29) is 12.4 Å². The first-order valence-electron chi connectivity index (χ1n) is 14.8. The van der Waals surface area contributed by atoms with Gasteiger partial charge in [0.1, 0.15) is 0 Å². The second-order valence-electron chi connectivity index (χ2n) is 11.2. The molecular weight excluding hydrogens is 494 g/mol. The van der Waals surface area contributed by atoms with E-state index in [4.69, 9.17) is 9.72 Å². The summed E-state index contributed by atoms with van der Waals surface area (Å²) in [5, 5.41) is 0.730. The Balaban J connectivity index is 1.33. The van der Waals surface area contributed by atoms with Crippen molar-refractivity contribution in [2.45, 2.75) is 71.1 Å². The van der Waals surface area contributed by atoms with E-state index in [9.17, 15) is 9.59 Å². The lowest BCUT2D eigenvalue weighted by atomic mass is 9.77. The van der Waals surface area contributed by atoms with Crippen LogP contribution in [0.1, 0.15) is 96.1 Å². The zero-order valence-corrected chi connectivity index (χ0v) is 23.7. The number of unbranched alkanes of at least 4 members (excludes halogenated alkanes) is 2. The molecule has 0 unspecified atom stereocenters. The molecule has 1 fully saturated rings. The smallest absolute Gasteiger partial charge is 0.339 e. The maximum Gasteiger partial charge on any atom is 0.339 e. The van der Waals surface area contributed by atoms with Gasteiger partial charge in [-0.2, -0.15) is 0 Å². The number of rotatable bonds is 10. The number of para-hydroxylation sites is 1. The molecule has 0 aliphatic heterocycles. The fraction of sp³-hybridized carbons (Fsp3) is 0.361. The van der Waals surface area contributed by atoms with Crippen molar-refractivity contribution >= 4 is 22.7 Å². The summed E-state index contributed by atoms with van der Waals surface area (Å²) in [7, 11) is 0. The molecule has 0 bridgehead atoms. The van der Waals surface area contributed by atoms with Gasteiger partial charge in [-0.05, 0) is 61.6 Å². The summed E-state index contributed by atoms with van der Waals surface area (Å²) in [4.78, 5) is 30.7. The number of pyridine rings is 1. The molecule has 0 atom stereocenters. The fourth-order valence-electron chi connectivity index (χ4n) is 6.02. The number of benzene rings is 3. The van der Waals surface area contributed by atoms with Gasteiger partial charge in [0.25, 0.3) is 0 Å². The van der Waals surface area contributed by atoms with Crippen LogP contribution in [0.5, 0.6) is 0 Å².